The summed E-state index contributed by atoms with van der Waals surface area (Å²) in [5.41, 5.74) is 2.98. The fourth-order valence-corrected chi connectivity index (χ4v) is 12.7. The molecule has 0 aliphatic heterocycles. The molecule has 0 aromatic heterocycles. The van der Waals surface area contributed by atoms with Crippen LogP contribution < -0.4 is 0 Å². The lowest BCUT2D eigenvalue weighted by Gasteiger charge is -2.83. The third-order valence-electron chi connectivity index (χ3n) is 16.6. The highest BCUT2D eigenvalue weighted by Gasteiger charge is 2.79. The van der Waals surface area contributed by atoms with Crippen molar-refractivity contribution in [2.75, 3.05) is 0 Å². The molecule has 5 aliphatic carbocycles. The first kappa shape index (κ1) is 25.3. The SMILES string of the molecule is CC1C(=O)CCC2(C)C1(C)CCC1(C)C2(C)CCC2(C)C3(C)CC(C)(C)CCC3(C)CCC21C. The van der Waals surface area contributed by atoms with Crippen LogP contribution in [0.5, 0.6) is 0 Å². The third-order valence-corrected chi connectivity index (χ3v) is 16.6. The fraction of sp³-hybridized carbons (Fsp3) is 0.970. The molecule has 5 aliphatic rings. The lowest BCUT2D eigenvalue weighted by molar-refractivity contribution is -0.342. The van der Waals surface area contributed by atoms with E-state index in [0.717, 1.165) is 12.8 Å². The van der Waals surface area contributed by atoms with Gasteiger partial charge in [0.2, 0.25) is 0 Å². The number of ketones is 1. The zero-order valence-electron chi connectivity index (χ0n) is 24.8. The fourth-order valence-electron chi connectivity index (χ4n) is 12.7. The van der Waals surface area contributed by atoms with Gasteiger partial charge in [0.05, 0.1) is 0 Å². The normalized spacial score (nSPS) is 61.0. The van der Waals surface area contributed by atoms with E-state index in [1.54, 1.807) is 0 Å². The smallest absolute Gasteiger partial charge is 0.136 e. The Morgan fingerprint density at radius 1 is 0.529 bits per heavy atom. The second-order valence-electron chi connectivity index (χ2n) is 17.0. The topological polar surface area (TPSA) is 17.1 Å². The van der Waals surface area contributed by atoms with E-state index in [1.807, 2.05) is 0 Å². The summed E-state index contributed by atoms with van der Waals surface area (Å²) in [5, 5.41) is 0. The zero-order chi connectivity index (χ0) is 25.4. The summed E-state index contributed by atoms with van der Waals surface area (Å²) in [5.74, 6) is 0.740. The van der Waals surface area contributed by atoms with Crippen molar-refractivity contribution in [2.45, 2.75) is 147 Å². The van der Waals surface area contributed by atoms with E-state index in [9.17, 15) is 4.79 Å². The van der Waals surface area contributed by atoms with Gasteiger partial charge in [-0.25, -0.2) is 0 Å². The van der Waals surface area contributed by atoms with Crippen LogP contribution in [0.1, 0.15) is 147 Å². The molecule has 0 radical (unpaired) electrons. The van der Waals surface area contributed by atoms with E-state index in [4.69, 9.17) is 0 Å². The molecule has 0 spiro atoms. The first-order chi connectivity index (χ1) is 15.3. The predicted molar refractivity (Wildman–Crippen MR) is 144 cm³/mol. The van der Waals surface area contributed by atoms with Crippen LogP contribution in [-0.4, -0.2) is 5.78 Å². The lowest BCUT2D eigenvalue weighted by Crippen LogP contribution is -2.76. The van der Waals surface area contributed by atoms with Crippen LogP contribution in [0, 0.1) is 54.7 Å². The predicted octanol–water partition coefficient (Wildman–Crippen LogP) is 9.63. The number of rotatable bonds is 0. The van der Waals surface area contributed by atoms with Gasteiger partial charge in [-0.15, -0.1) is 0 Å². The Morgan fingerprint density at radius 2 is 0.971 bits per heavy atom. The quantitative estimate of drug-likeness (QED) is 0.346. The van der Waals surface area contributed by atoms with Crippen molar-refractivity contribution in [1.29, 1.82) is 0 Å². The summed E-state index contributed by atoms with van der Waals surface area (Å²) in [7, 11) is 0. The Balaban J connectivity index is 1.67. The minimum absolute atomic E-state index is 0.139. The van der Waals surface area contributed by atoms with Crippen LogP contribution >= 0.6 is 0 Å². The molecule has 194 valence electrons. The van der Waals surface area contributed by atoms with Gasteiger partial charge >= 0.3 is 0 Å². The minimum atomic E-state index is 0.139. The van der Waals surface area contributed by atoms with Gasteiger partial charge in [0.15, 0.2) is 0 Å². The number of fused-ring (bicyclic) bond motifs is 7. The molecule has 0 bridgehead atoms. The number of Topliss-reactive ketones (excluding diaryl/α,β-unsaturated/α-hetero) is 1. The van der Waals surface area contributed by atoms with E-state index < -0.39 is 0 Å². The van der Waals surface area contributed by atoms with Gasteiger partial charge < -0.3 is 0 Å². The Kier molecular flexibility index (Phi) is 4.89. The first-order valence-corrected chi connectivity index (χ1v) is 14.9. The summed E-state index contributed by atoms with van der Waals surface area (Å²) in [6.07, 6.45) is 14.1. The van der Waals surface area contributed by atoms with Gasteiger partial charge in [-0.2, -0.15) is 0 Å². The van der Waals surface area contributed by atoms with Crippen LogP contribution in [-0.2, 0) is 4.79 Å². The van der Waals surface area contributed by atoms with Gasteiger partial charge in [0.1, 0.15) is 5.78 Å². The highest BCUT2D eigenvalue weighted by Crippen LogP contribution is 2.87. The first-order valence-electron chi connectivity index (χ1n) is 14.9. The summed E-state index contributed by atoms with van der Waals surface area (Å²) < 4.78 is 0. The standard InChI is InChI=1S/C33H56O/c1-23-24(34)12-13-28(6)27(23,5)17-19-31(9)29(28,7)20-21-32(10)30(31,8)18-16-26(4)15-14-25(2,3)22-33(26,32)11/h23H,12-22H2,1-11H3. The van der Waals surface area contributed by atoms with E-state index >= 15 is 0 Å². The summed E-state index contributed by atoms with van der Waals surface area (Å²) >= 11 is 0. The van der Waals surface area contributed by atoms with Crippen molar-refractivity contribution in [3.05, 3.63) is 0 Å². The van der Waals surface area contributed by atoms with E-state index in [2.05, 4.69) is 76.2 Å². The Morgan fingerprint density at radius 3 is 1.56 bits per heavy atom. The van der Waals surface area contributed by atoms with Gasteiger partial charge in [-0.05, 0) is 113 Å². The maximum atomic E-state index is 13.0. The van der Waals surface area contributed by atoms with Crippen molar-refractivity contribution in [1.82, 2.24) is 0 Å². The molecule has 5 saturated carbocycles. The van der Waals surface area contributed by atoms with Crippen LogP contribution in [0.4, 0.5) is 0 Å². The molecule has 0 heterocycles. The van der Waals surface area contributed by atoms with Crippen molar-refractivity contribution >= 4 is 5.78 Å². The van der Waals surface area contributed by atoms with Crippen molar-refractivity contribution in [3.8, 4) is 0 Å². The summed E-state index contributed by atoms with van der Waals surface area (Å²) in [4.78, 5) is 13.0. The second-order valence-corrected chi connectivity index (χ2v) is 17.0. The van der Waals surface area contributed by atoms with Gasteiger partial charge in [-0.1, -0.05) is 76.2 Å². The number of hydrogen-bond acceptors (Lipinski definition) is 1. The molecule has 0 saturated heterocycles. The molecule has 1 heteroatoms. The second kappa shape index (κ2) is 6.56. The van der Waals surface area contributed by atoms with Crippen molar-refractivity contribution < 1.29 is 4.79 Å². The highest BCUT2D eigenvalue weighted by atomic mass is 16.1. The number of carbonyl (C=O) groups is 1. The molecule has 1 nitrogen and oxygen atoms in total. The molecule has 0 aromatic rings. The summed E-state index contributed by atoms with van der Waals surface area (Å²) in [6, 6.07) is 0. The van der Waals surface area contributed by atoms with E-state index in [0.29, 0.717) is 38.3 Å². The molecule has 0 amide bonds. The van der Waals surface area contributed by atoms with Gasteiger partial charge in [0, 0.05) is 12.3 Å². The maximum absolute atomic E-state index is 13.0. The van der Waals surface area contributed by atoms with E-state index in [-0.39, 0.29) is 22.2 Å². The molecule has 9 atom stereocenters. The molecular formula is C33H56O. The Bertz CT molecular complexity index is 918. The molecule has 34 heavy (non-hydrogen) atoms. The van der Waals surface area contributed by atoms with Crippen LogP contribution in [0.25, 0.3) is 0 Å². The minimum Gasteiger partial charge on any atom is -0.299 e. The van der Waals surface area contributed by atoms with Crippen LogP contribution in [0.15, 0.2) is 0 Å². The third kappa shape index (κ3) is 2.35. The Labute approximate surface area is 212 Å². The molecule has 5 fully saturated rings. The van der Waals surface area contributed by atoms with Gasteiger partial charge in [0.25, 0.3) is 0 Å². The molecule has 0 N–H and O–H groups in total. The highest BCUT2D eigenvalue weighted by molar-refractivity contribution is 5.82. The molecule has 9 unspecified atom stereocenters. The van der Waals surface area contributed by atoms with Crippen molar-refractivity contribution in [3.63, 3.8) is 0 Å². The van der Waals surface area contributed by atoms with Gasteiger partial charge in [-0.3, -0.25) is 4.79 Å². The van der Waals surface area contributed by atoms with Crippen LogP contribution in [0.3, 0.4) is 0 Å². The average molecular weight is 469 g/mol. The maximum Gasteiger partial charge on any atom is 0.136 e. The van der Waals surface area contributed by atoms with Crippen LogP contribution in [0.2, 0.25) is 0 Å². The summed E-state index contributed by atoms with van der Waals surface area (Å²) in [6.45, 7) is 28.9. The zero-order valence-corrected chi connectivity index (χ0v) is 24.8. The van der Waals surface area contributed by atoms with E-state index in [1.165, 1.54) is 57.8 Å². The molecule has 5 rings (SSSR count). The number of hydrogen-bond donors (Lipinski definition) is 0. The largest absolute Gasteiger partial charge is 0.299 e. The molecular weight excluding hydrogens is 412 g/mol. The molecule has 0 aromatic carbocycles. The monoisotopic (exact) mass is 468 g/mol. The van der Waals surface area contributed by atoms with Crippen molar-refractivity contribution in [2.24, 2.45) is 54.7 Å². The average Bonchev–Trinajstić information content (AvgIpc) is 2.75. The Hall–Kier alpha value is -0.330. The lowest BCUT2D eigenvalue weighted by atomic mass is 9.21. The number of carbonyl (C=O) groups excluding carboxylic acids is 1.